The Balaban J connectivity index is 2.07. The second kappa shape index (κ2) is 7.25. The summed E-state index contributed by atoms with van der Waals surface area (Å²) in [7, 11) is 0. The Morgan fingerprint density at radius 2 is 2.23 bits per heavy atom. The van der Waals surface area contributed by atoms with E-state index in [1.807, 2.05) is 38.1 Å². The number of carbonyl (C=O) groups is 1. The molecule has 2 N–H and O–H groups in total. The summed E-state index contributed by atoms with van der Waals surface area (Å²) in [6.45, 7) is 5.00. The highest BCUT2D eigenvalue weighted by atomic mass is 16.3. The van der Waals surface area contributed by atoms with Crippen molar-refractivity contribution in [1.82, 2.24) is 4.90 Å². The fourth-order valence-corrected chi connectivity index (χ4v) is 3.45. The lowest BCUT2D eigenvalue weighted by Crippen LogP contribution is -2.55. The summed E-state index contributed by atoms with van der Waals surface area (Å²) in [5, 5.41) is 20.0. The van der Waals surface area contributed by atoms with Crippen LogP contribution < -0.4 is 0 Å². The average molecular weight is 305 g/mol. The van der Waals surface area contributed by atoms with Crippen molar-refractivity contribution < 1.29 is 15.0 Å². The standard InChI is InChI=1S/C18H27NO3/c1-3-8-18(13-20)12-19(9-7-16(18)21)17(22)11-15-6-4-5-14(2)10-15/h4-6,10,16,20-21H,3,7-9,11-13H2,1-2H3/t16-,18-/m0/s1. The molecule has 22 heavy (non-hydrogen) atoms. The Bertz CT molecular complexity index is 517. The summed E-state index contributed by atoms with van der Waals surface area (Å²) in [6.07, 6.45) is 2.02. The molecule has 1 amide bonds. The minimum absolute atomic E-state index is 0.0732. The second-order valence-corrected chi connectivity index (χ2v) is 6.56. The van der Waals surface area contributed by atoms with Gasteiger partial charge >= 0.3 is 0 Å². The third-order valence-corrected chi connectivity index (χ3v) is 4.74. The molecule has 1 aromatic carbocycles. The number of aryl methyl sites for hydroxylation is 1. The summed E-state index contributed by atoms with van der Waals surface area (Å²) in [4.78, 5) is 14.4. The summed E-state index contributed by atoms with van der Waals surface area (Å²) in [5.41, 5.74) is 1.60. The number of benzene rings is 1. The van der Waals surface area contributed by atoms with Crippen molar-refractivity contribution >= 4 is 5.91 Å². The normalized spacial score (nSPS) is 25.3. The molecule has 1 aliphatic rings. The van der Waals surface area contributed by atoms with Gasteiger partial charge in [-0.3, -0.25) is 4.79 Å². The molecule has 122 valence electrons. The number of likely N-dealkylation sites (tertiary alicyclic amines) is 1. The first kappa shape index (κ1) is 17.0. The Morgan fingerprint density at radius 1 is 1.45 bits per heavy atom. The number of carbonyl (C=O) groups excluding carboxylic acids is 1. The molecule has 2 atom stereocenters. The van der Waals surface area contributed by atoms with Crippen LogP contribution in [0.1, 0.15) is 37.3 Å². The molecule has 0 aliphatic carbocycles. The van der Waals surface area contributed by atoms with Gasteiger partial charge in [0.25, 0.3) is 0 Å². The van der Waals surface area contributed by atoms with Gasteiger partial charge in [-0.2, -0.15) is 0 Å². The number of amides is 1. The van der Waals surface area contributed by atoms with Crippen LogP contribution in [0.4, 0.5) is 0 Å². The molecule has 0 spiro atoms. The highest BCUT2D eigenvalue weighted by Gasteiger charge is 2.42. The predicted octanol–water partition coefficient (Wildman–Crippen LogP) is 1.91. The van der Waals surface area contributed by atoms with E-state index in [0.29, 0.717) is 25.9 Å². The average Bonchev–Trinajstić information content (AvgIpc) is 2.49. The van der Waals surface area contributed by atoms with Gasteiger partial charge in [0.1, 0.15) is 0 Å². The lowest BCUT2D eigenvalue weighted by Gasteiger charge is -2.45. The first-order valence-corrected chi connectivity index (χ1v) is 8.13. The minimum Gasteiger partial charge on any atom is -0.396 e. The molecule has 0 aromatic heterocycles. The van der Waals surface area contributed by atoms with Crippen molar-refractivity contribution in [3.05, 3.63) is 35.4 Å². The third-order valence-electron chi connectivity index (χ3n) is 4.74. The van der Waals surface area contributed by atoms with Crippen LogP contribution in [0.3, 0.4) is 0 Å². The summed E-state index contributed by atoms with van der Waals surface area (Å²) in [6, 6.07) is 7.98. The molecular weight excluding hydrogens is 278 g/mol. The Hall–Kier alpha value is -1.39. The van der Waals surface area contributed by atoms with Crippen LogP contribution in [0.2, 0.25) is 0 Å². The molecule has 1 heterocycles. The van der Waals surface area contributed by atoms with Crippen molar-refractivity contribution in [2.75, 3.05) is 19.7 Å². The van der Waals surface area contributed by atoms with Gasteiger partial charge in [0.2, 0.25) is 5.91 Å². The molecule has 4 heteroatoms. The van der Waals surface area contributed by atoms with Crippen LogP contribution in [0.15, 0.2) is 24.3 Å². The van der Waals surface area contributed by atoms with Gasteiger partial charge in [-0.1, -0.05) is 43.2 Å². The van der Waals surface area contributed by atoms with Gasteiger partial charge in [-0.05, 0) is 25.3 Å². The first-order chi connectivity index (χ1) is 10.5. The number of piperidine rings is 1. The third kappa shape index (κ3) is 3.68. The first-order valence-electron chi connectivity index (χ1n) is 8.13. The Kier molecular flexibility index (Phi) is 5.59. The molecule has 1 saturated heterocycles. The molecule has 4 nitrogen and oxygen atoms in total. The molecule has 1 aromatic rings. The Morgan fingerprint density at radius 3 is 2.86 bits per heavy atom. The van der Waals surface area contributed by atoms with Crippen LogP contribution in [0.25, 0.3) is 0 Å². The van der Waals surface area contributed by atoms with Crippen LogP contribution in [-0.4, -0.2) is 46.8 Å². The van der Waals surface area contributed by atoms with E-state index < -0.39 is 11.5 Å². The summed E-state index contributed by atoms with van der Waals surface area (Å²) < 4.78 is 0. The molecule has 0 unspecified atom stereocenters. The van der Waals surface area contributed by atoms with Gasteiger partial charge in [0.15, 0.2) is 0 Å². The molecule has 0 bridgehead atoms. The van der Waals surface area contributed by atoms with Crippen molar-refractivity contribution in [3.8, 4) is 0 Å². The molecular formula is C18H27NO3. The fraction of sp³-hybridized carbons (Fsp3) is 0.611. The zero-order chi connectivity index (χ0) is 16.2. The van der Waals surface area contributed by atoms with Gasteiger partial charge in [0.05, 0.1) is 19.1 Å². The zero-order valence-corrected chi connectivity index (χ0v) is 13.6. The van der Waals surface area contributed by atoms with Crippen molar-refractivity contribution in [1.29, 1.82) is 0 Å². The van der Waals surface area contributed by atoms with Crippen LogP contribution >= 0.6 is 0 Å². The van der Waals surface area contributed by atoms with Gasteiger partial charge in [0, 0.05) is 18.5 Å². The number of aliphatic hydroxyl groups is 2. The number of hydrogen-bond acceptors (Lipinski definition) is 3. The van der Waals surface area contributed by atoms with E-state index in [-0.39, 0.29) is 12.5 Å². The fourth-order valence-electron chi connectivity index (χ4n) is 3.45. The maximum absolute atomic E-state index is 12.6. The number of nitrogens with zero attached hydrogens (tertiary/aromatic N) is 1. The molecule has 1 aliphatic heterocycles. The molecule has 0 saturated carbocycles. The van der Waals surface area contributed by atoms with Crippen molar-refractivity contribution in [3.63, 3.8) is 0 Å². The lowest BCUT2D eigenvalue weighted by molar-refractivity contribution is -0.141. The molecule has 1 fully saturated rings. The van der Waals surface area contributed by atoms with E-state index in [1.165, 1.54) is 0 Å². The maximum Gasteiger partial charge on any atom is 0.227 e. The van der Waals surface area contributed by atoms with Crippen LogP contribution in [-0.2, 0) is 11.2 Å². The number of hydrogen-bond donors (Lipinski definition) is 2. The molecule has 0 radical (unpaired) electrons. The number of rotatable bonds is 5. The van der Waals surface area contributed by atoms with E-state index in [1.54, 1.807) is 4.90 Å². The lowest BCUT2D eigenvalue weighted by atomic mass is 9.74. The smallest absolute Gasteiger partial charge is 0.227 e. The maximum atomic E-state index is 12.6. The van der Waals surface area contributed by atoms with Crippen molar-refractivity contribution in [2.24, 2.45) is 5.41 Å². The quantitative estimate of drug-likeness (QED) is 0.873. The van der Waals surface area contributed by atoms with Crippen LogP contribution in [0.5, 0.6) is 0 Å². The van der Waals surface area contributed by atoms with Crippen LogP contribution in [0, 0.1) is 12.3 Å². The number of aliphatic hydroxyl groups excluding tert-OH is 2. The topological polar surface area (TPSA) is 60.8 Å². The second-order valence-electron chi connectivity index (χ2n) is 6.56. The van der Waals surface area contributed by atoms with Gasteiger partial charge in [-0.25, -0.2) is 0 Å². The van der Waals surface area contributed by atoms with Gasteiger partial charge < -0.3 is 15.1 Å². The van der Waals surface area contributed by atoms with E-state index >= 15 is 0 Å². The highest BCUT2D eigenvalue weighted by Crippen LogP contribution is 2.34. The minimum atomic E-state index is -0.560. The largest absolute Gasteiger partial charge is 0.396 e. The summed E-state index contributed by atoms with van der Waals surface area (Å²) >= 11 is 0. The van der Waals surface area contributed by atoms with Crippen molar-refractivity contribution in [2.45, 2.75) is 45.6 Å². The van der Waals surface area contributed by atoms with E-state index in [2.05, 4.69) is 0 Å². The zero-order valence-electron chi connectivity index (χ0n) is 13.6. The molecule has 2 rings (SSSR count). The summed E-state index contributed by atoms with van der Waals surface area (Å²) in [5.74, 6) is 0.0754. The Labute approximate surface area is 132 Å². The monoisotopic (exact) mass is 305 g/mol. The SMILES string of the molecule is CCC[C@@]1(CO)CN(C(=O)Cc2cccc(C)c2)CC[C@@H]1O. The van der Waals surface area contributed by atoms with E-state index in [0.717, 1.165) is 24.0 Å². The van der Waals surface area contributed by atoms with E-state index in [9.17, 15) is 15.0 Å². The predicted molar refractivity (Wildman–Crippen MR) is 86.5 cm³/mol. The highest BCUT2D eigenvalue weighted by molar-refractivity contribution is 5.79. The van der Waals surface area contributed by atoms with Gasteiger partial charge in [-0.15, -0.1) is 0 Å². The van der Waals surface area contributed by atoms with E-state index in [4.69, 9.17) is 0 Å².